The molecule has 1 fully saturated rings. The number of carbonyl (C=O) groups is 2. The zero-order valence-electron chi connectivity index (χ0n) is 23.3. The first kappa shape index (κ1) is 27.6. The van der Waals surface area contributed by atoms with Gasteiger partial charge >= 0.3 is 12.2 Å². The predicted octanol–water partition coefficient (Wildman–Crippen LogP) is 7.00. The summed E-state index contributed by atoms with van der Waals surface area (Å²) in [6, 6.07) is 7.56. The summed E-state index contributed by atoms with van der Waals surface area (Å²) in [7, 11) is 0. The van der Waals surface area contributed by atoms with E-state index in [-0.39, 0.29) is 16.9 Å². The molecule has 2 amide bonds. The fourth-order valence-electron chi connectivity index (χ4n) is 5.67. The van der Waals surface area contributed by atoms with Crippen molar-refractivity contribution >= 4 is 12.2 Å². The van der Waals surface area contributed by atoms with Crippen molar-refractivity contribution in [2.75, 3.05) is 6.54 Å². The second-order valence-electron chi connectivity index (χ2n) is 11.8. The molecular formula is C30H42N2O4. The molecule has 6 nitrogen and oxygen atoms in total. The molecule has 3 rings (SSSR count). The van der Waals surface area contributed by atoms with Crippen LogP contribution in [0.2, 0.25) is 0 Å². The highest BCUT2D eigenvalue weighted by molar-refractivity contribution is 5.72. The molecule has 0 aromatic heterocycles. The zero-order valence-corrected chi connectivity index (χ0v) is 23.3. The molecular weight excluding hydrogens is 452 g/mol. The summed E-state index contributed by atoms with van der Waals surface area (Å²) < 4.78 is 11.3. The third-order valence-electron chi connectivity index (χ3n) is 7.85. The van der Waals surface area contributed by atoms with Gasteiger partial charge in [0, 0.05) is 12.6 Å². The van der Waals surface area contributed by atoms with Gasteiger partial charge in [-0.15, -0.1) is 0 Å². The molecule has 2 atom stereocenters. The lowest BCUT2D eigenvalue weighted by molar-refractivity contribution is 0.0701. The minimum atomic E-state index is -0.458. The summed E-state index contributed by atoms with van der Waals surface area (Å²) in [5, 5.41) is 6.05. The van der Waals surface area contributed by atoms with Gasteiger partial charge in [0.1, 0.15) is 11.5 Å². The summed E-state index contributed by atoms with van der Waals surface area (Å²) in [5.41, 5.74) is 6.33. The van der Waals surface area contributed by atoms with Crippen molar-refractivity contribution in [3.05, 3.63) is 57.6 Å². The predicted molar refractivity (Wildman–Crippen MR) is 144 cm³/mol. The maximum Gasteiger partial charge on any atom is 0.412 e. The van der Waals surface area contributed by atoms with E-state index in [1.54, 1.807) is 0 Å². The third kappa shape index (κ3) is 6.59. The first-order valence-electron chi connectivity index (χ1n) is 12.8. The van der Waals surface area contributed by atoms with Gasteiger partial charge in [-0.25, -0.2) is 9.59 Å². The Bertz CT molecular complexity index is 1150. The van der Waals surface area contributed by atoms with Crippen LogP contribution in [0.3, 0.4) is 0 Å². The van der Waals surface area contributed by atoms with E-state index in [9.17, 15) is 9.59 Å². The van der Waals surface area contributed by atoms with E-state index in [0.717, 1.165) is 41.5 Å². The van der Waals surface area contributed by atoms with Crippen LogP contribution in [0.5, 0.6) is 11.5 Å². The lowest BCUT2D eigenvalue weighted by Crippen LogP contribution is -2.51. The monoisotopic (exact) mass is 494 g/mol. The van der Waals surface area contributed by atoms with Crippen LogP contribution < -0.4 is 20.1 Å². The molecule has 1 saturated carbocycles. The van der Waals surface area contributed by atoms with Gasteiger partial charge in [0.15, 0.2) is 0 Å². The Morgan fingerprint density at radius 1 is 0.778 bits per heavy atom. The van der Waals surface area contributed by atoms with Gasteiger partial charge < -0.3 is 20.1 Å². The molecule has 6 heteroatoms. The van der Waals surface area contributed by atoms with Crippen molar-refractivity contribution in [3.8, 4) is 11.5 Å². The molecule has 0 saturated heterocycles. The van der Waals surface area contributed by atoms with Crippen molar-refractivity contribution in [2.45, 2.75) is 87.6 Å². The number of hydrogen-bond acceptors (Lipinski definition) is 4. The maximum absolute atomic E-state index is 12.8. The van der Waals surface area contributed by atoms with Crippen molar-refractivity contribution < 1.29 is 19.1 Å². The molecule has 0 heterocycles. The highest BCUT2D eigenvalue weighted by Crippen LogP contribution is 2.45. The average Bonchev–Trinajstić information content (AvgIpc) is 2.77. The van der Waals surface area contributed by atoms with Crippen LogP contribution in [-0.4, -0.2) is 24.8 Å². The molecule has 2 unspecified atom stereocenters. The Morgan fingerprint density at radius 3 is 1.81 bits per heavy atom. The van der Waals surface area contributed by atoms with Gasteiger partial charge in [-0.3, -0.25) is 0 Å². The molecule has 0 radical (unpaired) electrons. The summed E-state index contributed by atoms with van der Waals surface area (Å²) >= 11 is 0. The lowest BCUT2D eigenvalue weighted by Gasteiger charge is -2.46. The van der Waals surface area contributed by atoms with Crippen LogP contribution in [-0.2, 0) is 0 Å². The van der Waals surface area contributed by atoms with E-state index < -0.39 is 12.2 Å². The standard InChI is InChI=1S/C30H42N2O4/c1-18-10-12-25(22(5)20(18)3)35-27(33)31-17-30(9)15-24(14-29(7,8)16-30)32-28(34)36-26-13-11-19(2)21(4)23(26)6/h10-13,24H,14-17H2,1-9H3,(H,31,33)(H,32,34). The van der Waals surface area contributed by atoms with Gasteiger partial charge in [0.25, 0.3) is 0 Å². The number of aryl methyl sites for hydroxylation is 2. The Labute approximate surface area is 216 Å². The number of ether oxygens (including phenoxy) is 2. The topological polar surface area (TPSA) is 76.7 Å². The number of rotatable bonds is 5. The van der Waals surface area contributed by atoms with E-state index >= 15 is 0 Å². The van der Waals surface area contributed by atoms with Crippen molar-refractivity contribution in [1.82, 2.24) is 10.6 Å². The summed E-state index contributed by atoms with van der Waals surface area (Å²) in [6.45, 7) is 19.1. The Morgan fingerprint density at radius 2 is 1.28 bits per heavy atom. The number of hydrogen-bond donors (Lipinski definition) is 2. The van der Waals surface area contributed by atoms with E-state index in [1.807, 2.05) is 65.8 Å². The number of nitrogens with one attached hydrogen (secondary N) is 2. The SMILES string of the molecule is Cc1ccc(OC(=O)NCC2(C)CC(NC(=O)Oc3ccc(C)c(C)c3C)CC(C)(C)C2)c(C)c1C. The molecule has 2 aromatic carbocycles. The minimum absolute atomic E-state index is 0.00243. The molecule has 0 spiro atoms. The maximum atomic E-state index is 12.8. The summed E-state index contributed by atoms with van der Waals surface area (Å²) in [5.74, 6) is 1.16. The molecule has 0 aliphatic heterocycles. The minimum Gasteiger partial charge on any atom is -0.410 e. The lowest BCUT2D eigenvalue weighted by atomic mass is 9.62. The van der Waals surface area contributed by atoms with Crippen LogP contribution >= 0.6 is 0 Å². The fourth-order valence-corrected chi connectivity index (χ4v) is 5.67. The Kier molecular flexibility index (Phi) is 8.07. The molecule has 196 valence electrons. The smallest absolute Gasteiger partial charge is 0.410 e. The van der Waals surface area contributed by atoms with Crippen LogP contribution in [0.25, 0.3) is 0 Å². The molecule has 1 aliphatic rings. The Hall–Kier alpha value is -3.02. The average molecular weight is 495 g/mol. The van der Waals surface area contributed by atoms with Crippen molar-refractivity contribution in [1.29, 1.82) is 0 Å². The summed E-state index contributed by atoms with van der Waals surface area (Å²) in [4.78, 5) is 25.4. The molecule has 1 aliphatic carbocycles. The van der Waals surface area contributed by atoms with Gasteiger partial charge in [-0.2, -0.15) is 0 Å². The van der Waals surface area contributed by atoms with Gasteiger partial charge in [-0.1, -0.05) is 32.9 Å². The van der Waals surface area contributed by atoms with Gasteiger partial charge in [-0.05, 0) is 117 Å². The largest absolute Gasteiger partial charge is 0.412 e. The molecule has 2 N–H and O–H groups in total. The first-order valence-corrected chi connectivity index (χ1v) is 12.8. The number of carbonyl (C=O) groups excluding carboxylic acids is 2. The van der Waals surface area contributed by atoms with Gasteiger partial charge in [0.2, 0.25) is 0 Å². The second-order valence-corrected chi connectivity index (χ2v) is 11.8. The highest BCUT2D eigenvalue weighted by atomic mass is 16.6. The van der Waals surface area contributed by atoms with Gasteiger partial charge in [0.05, 0.1) is 0 Å². The van der Waals surface area contributed by atoms with Crippen molar-refractivity contribution in [3.63, 3.8) is 0 Å². The quantitative estimate of drug-likeness (QED) is 0.469. The Balaban J connectivity index is 1.62. The zero-order chi connectivity index (χ0) is 26.8. The summed E-state index contributed by atoms with van der Waals surface area (Å²) in [6.07, 6.45) is 1.60. The van der Waals surface area contributed by atoms with E-state index in [2.05, 4.69) is 31.4 Å². The first-order chi connectivity index (χ1) is 16.7. The van der Waals surface area contributed by atoms with E-state index in [4.69, 9.17) is 9.47 Å². The fraction of sp³-hybridized carbons (Fsp3) is 0.533. The van der Waals surface area contributed by atoms with E-state index in [0.29, 0.717) is 18.0 Å². The van der Waals surface area contributed by atoms with Crippen molar-refractivity contribution in [2.24, 2.45) is 10.8 Å². The van der Waals surface area contributed by atoms with Crippen LogP contribution in [0.1, 0.15) is 73.4 Å². The van der Waals surface area contributed by atoms with Crippen LogP contribution in [0, 0.1) is 52.4 Å². The normalized spacial score (nSPS) is 21.0. The highest BCUT2D eigenvalue weighted by Gasteiger charge is 2.42. The van der Waals surface area contributed by atoms with E-state index in [1.165, 1.54) is 11.1 Å². The number of benzene rings is 2. The number of amides is 2. The molecule has 36 heavy (non-hydrogen) atoms. The van der Waals surface area contributed by atoms with Crippen LogP contribution in [0.4, 0.5) is 9.59 Å². The molecule has 2 aromatic rings. The van der Waals surface area contributed by atoms with Crippen LogP contribution in [0.15, 0.2) is 24.3 Å². The molecule has 0 bridgehead atoms. The second kappa shape index (κ2) is 10.5. The third-order valence-corrected chi connectivity index (χ3v) is 7.85.